The lowest BCUT2D eigenvalue weighted by Crippen LogP contribution is -2.37. The first-order valence-electron chi connectivity index (χ1n) is 9.33. The Bertz CT molecular complexity index is 1000. The summed E-state index contributed by atoms with van der Waals surface area (Å²) in [7, 11) is 1.43. The molecule has 0 aliphatic carbocycles. The monoisotopic (exact) mass is 463 g/mol. The molecular weight excluding hydrogens is 441 g/mol. The Labute approximate surface area is 190 Å². The van der Waals surface area contributed by atoms with Crippen molar-refractivity contribution >= 4 is 47.0 Å². The molecule has 9 heteroatoms. The third-order valence-electron chi connectivity index (χ3n) is 4.67. The second-order valence-electron chi connectivity index (χ2n) is 7.22. The third-order valence-corrected chi connectivity index (χ3v) is 5.11. The number of ether oxygens (including phenoxy) is 1. The zero-order valence-corrected chi connectivity index (χ0v) is 18.9. The van der Waals surface area contributed by atoms with Gasteiger partial charge in [0.25, 0.3) is 5.91 Å². The Morgan fingerprint density at radius 3 is 2.29 bits per heavy atom. The first-order valence-corrected chi connectivity index (χ1v) is 10.1. The standard InChI is InChI=1S/C22H23Cl2N3O4/c1-22(2,14-9-15(23)11-16(24)10-14)20(29)17-8-13(4-5-18(17)31-3)21(30)27-12-19(28)26-7-6-25/h4-6,8-11,25H,7,12H2,1-3H3,(H,26,28)(H,27,30). The number of rotatable bonds is 9. The van der Waals surface area contributed by atoms with Gasteiger partial charge in [-0.05, 0) is 55.8 Å². The van der Waals surface area contributed by atoms with E-state index in [0.717, 1.165) is 6.21 Å². The molecule has 2 aromatic carbocycles. The van der Waals surface area contributed by atoms with Crippen LogP contribution in [-0.2, 0) is 10.2 Å². The van der Waals surface area contributed by atoms with Crippen LogP contribution in [0.25, 0.3) is 0 Å². The lowest BCUT2D eigenvalue weighted by molar-refractivity contribution is -0.119. The van der Waals surface area contributed by atoms with Crippen molar-refractivity contribution in [1.82, 2.24) is 10.6 Å². The summed E-state index contributed by atoms with van der Waals surface area (Å²) in [6.07, 6.45) is 1.04. The van der Waals surface area contributed by atoms with E-state index in [9.17, 15) is 14.4 Å². The Hall–Kier alpha value is -2.90. The molecule has 31 heavy (non-hydrogen) atoms. The summed E-state index contributed by atoms with van der Waals surface area (Å²) in [5, 5.41) is 12.6. The van der Waals surface area contributed by atoms with Crippen LogP contribution in [0.4, 0.5) is 0 Å². The minimum atomic E-state index is -1.01. The van der Waals surface area contributed by atoms with Gasteiger partial charge in [-0.25, -0.2) is 0 Å². The number of methoxy groups -OCH3 is 1. The summed E-state index contributed by atoms with van der Waals surface area (Å²) < 4.78 is 5.33. The first-order chi connectivity index (χ1) is 14.6. The number of hydrogen-bond acceptors (Lipinski definition) is 5. The lowest BCUT2D eigenvalue weighted by Gasteiger charge is -2.25. The van der Waals surface area contributed by atoms with Gasteiger partial charge in [0.1, 0.15) is 5.75 Å². The number of nitrogens with one attached hydrogen (secondary N) is 3. The van der Waals surface area contributed by atoms with Crippen molar-refractivity contribution in [3.8, 4) is 5.75 Å². The predicted octanol–water partition coefficient (Wildman–Crippen LogP) is 3.66. The highest BCUT2D eigenvalue weighted by Crippen LogP contribution is 2.34. The Morgan fingerprint density at radius 1 is 1.06 bits per heavy atom. The SMILES string of the molecule is COc1ccc(C(=O)NCC(=O)NCC=N)cc1C(=O)C(C)(C)c1cc(Cl)cc(Cl)c1. The summed E-state index contributed by atoms with van der Waals surface area (Å²) in [4.78, 5) is 37.6. The van der Waals surface area contributed by atoms with Crippen molar-refractivity contribution in [2.45, 2.75) is 19.3 Å². The summed E-state index contributed by atoms with van der Waals surface area (Å²) in [6.45, 7) is 3.29. The molecule has 2 amide bonds. The van der Waals surface area contributed by atoms with E-state index in [0.29, 0.717) is 21.4 Å². The smallest absolute Gasteiger partial charge is 0.251 e. The Kier molecular flexibility index (Phi) is 8.19. The molecule has 2 rings (SSSR count). The molecular formula is C22H23Cl2N3O4. The average molecular weight is 464 g/mol. The van der Waals surface area contributed by atoms with Gasteiger partial charge >= 0.3 is 0 Å². The van der Waals surface area contributed by atoms with Crippen LogP contribution in [0, 0.1) is 5.41 Å². The van der Waals surface area contributed by atoms with Crippen LogP contribution < -0.4 is 15.4 Å². The van der Waals surface area contributed by atoms with Crippen LogP contribution in [0.5, 0.6) is 5.75 Å². The highest BCUT2D eigenvalue weighted by Gasteiger charge is 2.33. The minimum absolute atomic E-state index is 0.0818. The van der Waals surface area contributed by atoms with Crippen molar-refractivity contribution in [3.05, 3.63) is 63.1 Å². The highest BCUT2D eigenvalue weighted by molar-refractivity contribution is 6.34. The molecule has 0 fully saturated rings. The van der Waals surface area contributed by atoms with E-state index in [2.05, 4.69) is 10.6 Å². The summed E-state index contributed by atoms with van der Waals surface area (Å²) >= 11 is 12.2. The number of amides is 2. The lowest BCUT2D eigenvalue weighted by atomic mass is 9.77. The fourth-order valence-corrected chi connectivity index (χ4v) is 3.43. The molecule has 0 spiro atoms. The highest BCUT2D eigenvalue weighted by atomic mass is 35.5. The van der Waals surface area contributed by atoms with E-state index in [4.69, 9.17) is 33.3 Å². The van der Waals surface area contributed by atoms with Crippen molar-refractivity contribution in [2.24, 2.45) is 0 Å². The number of ketones is 1. The van der Waals surface area contributed by atoms with Gasteiger partial charge in [-0.2, -0.15) is 0 Å². The van der Waals surface area contributed by atoms with E-state index in [1.165, 1.54) is 25.3 Å². The molecule has 0 atom stereocenters. The fourth-order valence-electron chi connectivity index (χ4n) is 2.90. The van der Waals surface area contributed by atoms with Crippen LogP contribution >= 0.6 is 23.2 Å². The van der Waals surface area contributed by atoms with Gasteiger partial charge in [-0.3, -0.25) is 14.4 Å². The summed E-state index contributed by atoms with van der Waals surface area (Å²) in [5.74, 6) is -0.932. The number of hydrogen-bond donors (Lipinski definition) is 3. The summed E-state index contributed by atoms with van der Waals surface area (Å²) in [5.41, 5.74) is 0.0204. The van der Waals surface area contributed by atoms with Crippen molar-refractivity contribution < 1.29 is 19.1 Å². The molecule has 0 unspecified atom stereocenters. The van der Waals surface area contributed by atoms with Crippen molar-refractivity contribution in [3.63, 3.8) is 0 Å². The van der Waals surface area contributed by atoms with E-state index >= 15 is 0 Å². The maximum absolute atomic E-state index is 13.4. The third kappa shape index (κ3) is 6.06. The topological polar surface area (TPSA) is 108 Å². The maximum Gasteiger partial charge on any atom is 0.251 e. The van der Waals surface area contributed by atoms with Crippen molar-refractivity contribution in [1.29, 1.82) is 5.41 Å². The molecule has 0 saturated heterocycles. The second kappa shape index (κ2) is 10.4. The minimum Gasteiger partial charge on any atom is -0.496 e. The van der Waals surface area contributed by atoms with Gasteiger partial charge in [0.2, 0.25) is 5.91 Å². The first kappa shape index (κ1) is 24.4. The number of carbonyl (C=O) groups is 3. The van der Waals surface area contributed by atoms with Gasteiger partial charge < -0.3 is 20.8 Å². The normalized spacial score (nSPS) is 10.9. The van der Waals surface area contributed by atoms with E-state index < -0.39 is 17.2 Å². The van der Waals surface area contributed by atoms with Gasteiger partial charge in [0.15, 0.2) is 5.78 Å². The Morgan fingerprint density at radius 2 is 1.71 bits per heavy atom. The molecule has 0 aromatic heterocycles. The van der Waals surface area contributed by atoms with Crippen LogP contribution in [-0.4, -0.2) is 44.0 Å². The molecule has 0 heterocycles. The zero-order valence-electron chi connectivity index (χ0n) is 17.3. The number of halogens is 2. The summed E-state index contributed by atoms with van der Waals surface area (Å²) in [6, 6.07) is 9.38. The average Bonchev–Trinajstić information content (AvgIpc) is 2.74. The molecule has 0 bridgehead atoms. The van der Waals surface area contributed by atoms with Gasteiger partial charge in [0, 0.05) is 21.8 Å². The molecule has 7 nitrogen and oxygen atoms in total. The van der Waals surface area contributed by atoms with Crippen LogP contribution in [0.15, 0.2) is 36.4 Å². The quantitative estimate of drug-likeness (QED) is 0.389. The van der Waals surface area contributed by atoms with E-state index in [-0.39, 0.29) is 30.0 Å². The van der Waals surface area contributed by atoms with Gasteiger partial charge in [-0.15, -0.1) is 0 Å². The molecule has 3 N–H and O–H groups in total. The van der Waals surface area contributed by atoms with Gasteiger partial charge in [0.05, 0.1) is 31.2 Å². The number of benzene rings is 2. The second-order valence-corrected chi connectivity index (χ2v) is 8.09. The predicted molar refractivity (Wildman–Crippen MR) is 121 cm³/mol. The largest absolute Gasteiger partial charge is 0.496 e. The molecule has 0 aliphatic rings. The zero-order chi connectivity index (χ0) is 23.2. The molecule has 0 radical (unpaired) electrons. The van der Waals surface area contributed by atoms with Crippen LogP contribution in [0.1, 0.15) is 40.1 Å². The Balaban J connectivity index is 2.32. The molecule has 2 aromatic rings. The van der Waals surface area contributed by atoms with Crippen molar-refractivity contribution in [2.75, 3.05) is 20.2 Å². The van der Waals surface area contributed by atoms with E-state index in [1.807, 2.05) is 0 Å². The van der Waals surface area contributed by atoms with Crippen LogP contribution in [0.3, 0.4) is 0 Å². The number of carbonyl (C=O) groups excluding carboxylic acids is 3. The number of Topliss-reactive ketones (excluding diaryl/α,β-unsaturated/α-hetero) is 1. The molecule has 0 saturated carbocycles. The van der Waals surface area contributed by atoms with Gasteiger partial charge in [-0.1, -0.05) is 23.2 Å². The van der Waals surface area contributed by atoms with E-state index in [1.54, 1.807) is 32.0 Å². The maximum atomic E-state index is 13.4. The molecule has 164 valence electrons. The fraction of sp³-hybridized carbons (Fsp3) is 0.273. The molecule has 0 aliphatic heterocycles. The van der Waals surface area contributed by atoms with Crippen LogP contribution in [0.2, 0.25) is 10.0 Å².